The molecule has 0 aliphatic rings. The zero-order valence-corrected chi connectivity index (χ0v) is 12.1. The number of carbonyl (C=O) groups excluding carboxylic acids is 1. The Balaban J connectivity index is 2.22. The summed E-state index contributed by atoms with van der Waals surface area (Å²) in [6, 6.07) is 3.25. The maximum absolute atomic E-state index is 10.7. The van der Waals surface area contributed by atoms with Crippen LogP contribution in [0.4, 0.5) is 0 Å². The largest absolute Gasteiger partial charge is 0.480 e. The molecular weight excluding hydrogens is 326 g/mol. The van der Waals surface area contributed by atoms with E-state index >= 15 is 0 Å². The van der Waals surface area contributed by atoms with Gasteiger partial charge in [0.25, 0.3) is 0 Å². The quantitative estimate of drug-likeness (QED) is 0.564. The van der Waals surface area contributed by atoms with E-state index in [1.54, 1.807) is 23.1 Å². The Hall–Kier alpha value is -0.530. The Morgan fingerprint density at radius 1 is 1.65 bits per heavy atom. The Morgan fingerprint density at radius 2 is 2.41 bits per heavy atom. The van der Waals surface area contributed by atoms with E-state index in [2.05, 4.69) is 21.2 Å². The second kappa shape index (κ2) is 7.73. The third kappa shape index (κ3) is 5.56. The van der Waals surface area contributed by atoms with E-state index < -0.39 is 12.0 Å². The van der Waals surface area contributed by atoms with Crippen LogP contribution in [0.25, 0.3) is 0 Å². The topological polar surface area (TPSA) is 66.4 Å². The lowest BCUT2D eigenvalue weighted by Crippen LogP contribution is -2.36. The predicted octanol–water partition coefficient (Wildman–Crippen LogP) is 2.33. The molecule has 0 saturated carbocycles. The maximum atomic E-state index is 10.7. The number of thioether (sulfide) groups is 1. The molecule has 2 N–H and O–H groups in total. The summed E-state index contributed by atoms with van der Waals surface area (Å²) in [5.41, 5.74) is 0. The van der Waals surface area contributed by atoms with Gasteiger partial charge in [-0.15, -0.1) is 11.3 Å². The highest BCUT2D eigenvalue weighted by Gasteiger charge is 2.15. The highest BCUT2D eigenvalue weighted by molar-refractivity contribution is 9.11. The molecule has 0 spiro atoms. The van der Waals surface area contributed by atoms with Gasteiger partial charge in [-0.2, -0.15) is 11.8 Å². The van der Waals surface area contributed by atoms with Gasteiger partial charge in [0.2, 0.25) is 6.41 Å². The van der Waals surface area contributed by atoms with Gasteiger partial charge in [0.1, 0.15) is 6.04 Å². The van der Waals surface area contributed by atoms with Crippen LogP contribution in [0.1, 0.15) is 11.3 Å². The molecule has 0 saturated heterocycles. The molecule has 4 nitrogen and oxygen atoms in total. The van der Waals surface area contributed by atoms with Gasteiger partial charge in [-0.3, -0.25) is 4.79 Å². The summed E-state index contributed by atoms with van der Waals surface area (Å²) in [5, 5.41) is 11.1. The predicted molar refractivity (Wildman–Crippen MR) is 73.4 cm³/mol. The lowest BCUT2D eigenvalue weighted by molar-refractivity contribution is -0.140. The highest BCUT2D eigenvalue weighted by Crippen LogP contribution is 2.25. The molecule has 94 valence electrons. The molecule has 0 aliphatic heterocycles. The molecule has 1 atom stereocenters. The van der Waals surface area contributed by atoms with Crippen LogP contribution in [0, 0.1) is 0 Å². The minimum absolute atomic E-state index is 0.430. The van der Waals surface area contributed by atoms with E-state index in [9.17, 15) is 9.59 Å². The third-order valence-corrected chi connectivity index (χ3v) is 4.84. The van der Waals surface area contributed by atoms with Crippen molar-refractivity contribution in [3.63, 3.8) is 0 Å². The number of thiophene rings is 1. The van der Waals surface area contributed by atoms with Crippen molar-refractivity contribution in [2.24, 2.45) is 0 Å². The first-order valence-corrected chi connectivity index (χ1v) is 7.64. The van der Waals surface area contributed by atoms with Crippen LogP contribution in [0.5, 0.6) is 0 Å². The van der Waals surface area contributed by atoms with Crippen LogP contribution in [-0.2, 0) is 15.3 Å². The molecular formula is C10H12BrNO3S2. The molecule has 0 radical (unpaired) electrons. The molecule has 17 heavy (non-hydrogen) atoms. The van der Waals surface area contributed by atoms with E-state index in [0.717, 1.165) is 9.54 Å². The molecule has 1 unspecified atom stereocenters. The number of carbonyl (C=O) groups is 2. The molecule has 1 aromatic heterocycles. The summed E-state index contributed by atoms with van der Waals surface area (Å²) in [6.07, 6.45) is 0.866. The highest BCUT2D eigenvalue weighted by atomic mass is 79.9. The third-order valence-electron chi connectivity index (χ3n) is 1.99. The van der Waals surface area contributed by atoms with Gasteiger partial charge in [-0.1, -0.05) is 0 Å². The van der Waals surface area contributed by atoms with Crippen LogP contribution in [0.2, 0.25) is 0 Å². The Kier molecular flexibility index (Phi) is 6.61. The summed E-state index contributed by atoms with van der Waals surface area (Å²) in [7, 11) is 0. The number of hydrogen-bond donors (Lipinski definition) is 2. The summed E-state index contributed by atoms with van der Waals surface area (Å²) in [5.74, 6) is 0.577. The number of rotatable bonds is 8. The summed E-state index contributed by atoms with van der Waals surface area (Å²) < 4.78 is 1.10. The van der Waals surface area contributed by atoms with Gasteiger partial charge >= 0.3 is 5.97 Å². The van der Waals surface area contributed by atoms with Crippen LogP contribution in [-0.4, -0.2) is 29.3 Å². The average Bonchev–Trinajstić information content (AvgIpc) is 2.68. The standard InChI is InChI=1S/C10H12BrNO3S2/c11-9-2-1-7(17-9)5-16-4-3-8(10(14)15)12-6-13/h1-2,6,8H,3-5H2,(H,12,13)(H,14,15). The molecule has 1 aromatic rings. The fourth-order valence-electron chi connectivity index (χ4n) is 1.16. The fourth-order valence-corrected chi connectivity index (χ4v) is 3.77. The zero-order valence-electron chi connectivity index (χ0n) is 8.89. The van der Waals surface area contributed by atoms with E-state index in [-0.39, 0.29) is 0 Å². The van der Waals surface area contributed by atoms with Crippen molar-refractivity contribution >= 4 is 51.4 Å². The van der Waals surface area contributed by atoms with Crippen molar-refractivity contribution in [3.05, 3.63) is 20.8 Å². The number of amides is 1. The number of hydrogen-bond acceptors (Lipinski definition) is 4. The molecule has 0 aromatic carbocycles. The van der Waals surface area contributed by atoms with Crippen LogP contribution >= 0.6 is 39.0 Å². The zero-order chi connectivity index (χ0) is 12.7. The molecule has 1 amide bonds. The van der Waals surface area contributed by atoms with E-state index in [4.69, 9.17) is 5.11 Å². The van der Waals surface area contributed by atoms with Crippen molar-refractivity contribution in [1.82, 2.24) is 5.32 Å². The first-order chi connectivity index (χ1) is 8.13. The van der Waals surface area contributed by atoms with Gasteiger partial charge in [0.15, 0.2) is 0 Å². The second-order valence-corrected chi connectivity index (χ2v) is 6.88. The number of aliphatic carboxylic acids is 1. The minimum Gasteiger partial charge on any atom is -0.480 e. The lowest BCUT2D eigenvalue weighted by Gasteiger charge is -2.09. The van der Waals surface area contributed by atoms with Crippen LogP contribution in [0.15, 0.2) is 15.9 Å². The van der Waals surface area contributed by atoms with E-state index in [0.29, 0.717) is 18.6 Å². The van der Waals surface area contributed by atoms with Gasteiger partial charge in [0, 0.05) is 10.6 Å². The lowest BCUT2D eigenvalue weighted by atomic mass is 10.2. The SMILES string of the molecule is O=CNC(CCSCc1ccc(Br)s1)C(=O)O. The molecule has 0 bridgehead atoms. The van der Waals surface area contributed by atoms with Crippen LogP contribution < -0.4 is 5.32 Å². The maximum Gasteiger partial charge on any atom is 0.326 e. The van der Waals surface area contributed by atoms with E-state index in [1.807, 2.05) is 12.1 Å². The van der Waals surface area contributed by atoms with Gasteiger partial charge in [-0.05, 0) is 40.2 Å². The molecule has 1 rings (SSSR count). The fraction of sp³-hybridized carbons (Fsp3) is 0.400. The Bertz CT molecular complexity index is 383. The molecule has 7 heteroatoms. The van der Waals surface area contributed by atoms with Gasteiger partial charge in [0.05, 0.1) is 3.79 Å². The number of carboxylic acids is 1. The van der Waals surface area contributed by atoms with Gasteiger partial charge < -0.3 is 10.4 Å². The van der Waals surface area contributed by atoms with Crippen molar-refractivity contribution in [2.75, 3.05) is 5.75 Å². The van der Waals surface area contributed by atoms with E-state index in [1.165, 1.54) is 4.88 Å². The Labute approximate surface area is 116 Å². The molecule has 1 heterocycles. The number of halogens is 1. The smallest absolute Gasteiger partial charge is 0.326 e. The van der Waals surface area contributed by atoms with Gasteiger partial charge in [-0.25, -0.2) is 4.79 Å². The van der Waals surface area contributed by atoms with Crippen molar-refractivity contribution in [2.45, 2.75) is 18.2 Å². The average molecular weight is 338 g/mol. The normalized spacial score (nSPS) is 12.1. The monoisotopic (exact) mass is 337 g/mol. The summed E-state index contributed by atoms with van der Waals surface area (Å²) in [6.45, 7) is 0. The first kappa shape index (κ1) is 14.5. The molecule has 0 fully saturated rings. The summed E-state index contributed by atoms with van der Waals surface area (Å²) in [4.78, 5) is 22.2. The Morgan fingerprint density at radius 3 is 2.94 bits per heavy atom. The first-order valence-electron chi connectivity index (χ1n) is 4.88. The minimum atomic E-state index is -0.989. The van der Waals surface area contributed by atoms with Crippen molar-refractivity contribution in [3.8, 4) is 0 Å². The number of nitrogens with one attached hydrogen (secondary N) is 1. The second-order valence-electron chi connectivity index (χ2n) is 3.22. The number of carboxylic acid groups (broad SMARTS) is 1. The molecule has 0 aliphatic carbocycles. The van der Waals surface area contributed by atoms with Crippen LogP contribution in [0.3, 0.4) is 0 Å². The van der Waals surface area contributed by atoms with Crippen molar-refractivity contribution in [1.29, 1.82) is 0 Å². The van der Waals surface area contributed by atoms with Crippen molar-refractivity contribution < 1.29 is 14.7 Å². The summed E-state index contributed by atoms with van der Waals surface area (Å²) >= 11 is 6.72.